The van der Waals surface area contributed by atoms with Crippen molar-refractivity contribution < 1.29 is 0 Å². The van der Waals surface area contributed by atoms with Crippen molar-refractivity contribution in [3.63, 3.8) is 0 Å². The number of hydrogen-bond donors (Lipinski definition) is 3. The molecule has 7 heteroatoms. The van der Waals surface area contributed by atoms with E-state index in [4.69, 9.17) is 0 Å². The van der Waals surface area contributed by atoms with E-state index < -0.39 is 0 Å². The zero-order valence-corrected chi connectivity index (χ0v) is 24.5. The van der Waals surface area contributed by atoms with Crippen LogP contribution in [0, 0.1) is 0 Å². The SMILES string of the molecule is c1cnc2c(NCCCN(CCCNc3cccc4cccnc34)CCCNc3cccc4cccnc34)cccc2c1. The molecule has 0 atom stereocenters. The third kappa shape index (κ3) is 7.37. The normalized spacial score (nSPS) is 11.4. The summed E-state index contributed by atoms with van der Waals surface area (Å²) < 4.78 is 0. The summed E-state index contributed by atoms with van der Waals surface area (Å²) in [6, 6.07) is 31.3. The minimum Gasteiger partial charge on any atom is -0.383 e. The molecule has 3 aromatic carbocycles. The van der Waals surface area contributed by atoms with E-state index in [2.05, 4.69) is 109 Å². The lowest BCUT2D eigenvalue weighted by Crippen LogP contribution is -2.30. The topological polar surface area (TPSA) is 78.0 Å². The molecule has 3 heterocycles. The monoisotopic (exact) mass is 569 g/mol. The molecule has 6 rings (SSSR count). The zero-order valence-electron chi connectivity index (χ0n) is 24.5. The molecule has 0 amide bonds. The van der Waals surface area contributed by atoms with Gasteiger partial charge in [0.05, 0.1) is 33.6 Å². The average Bonchev–Trinajstić information content (AvgIpc) is 3.06. The molecule has 0 saturated carbocycles. The summed E-state index contributed by atoms with van der Waals surface area (Å²) in [4.78, 5) is 16.4. The van der Waals surface area contributed by atoms with Crippen LogP contribution >= 0.6 is 0 Å². The molecule has 43 heavy (non-hydrogen) atoms. The van der Waals surface area contributed by atoms with Crippen LogP contribution in [-0.2, 0) is 0 Å². The minimum atomic E-state index is 0.909. The summed E-state index contributed by atoms with van der Waals surface area (Å²) in [5, 5.41) is 14.4. The molecule has 0 fully saturated rings. The first kappa shape index (κ1) is 28.4. The molecule has 0 bridgehead atoms. The van der Waals surface area contributed by atoms with Crippen LogP contribution < -0.4 is 16.0 Å². The van der Waals surface area contributed by atoms with E-state index in [9.17, 15) is 0 Å². The Balaban J connectivity index is 1.02. The summed E-state index contributed by atoms with van der Waals surface area (Å²) in [7, 11) is 0. The molecule has 218 valence electrons. The number of nitrogens with zero attached hydrogens (tertiary/aromatic N) is 4. The molecule has 0 saturated heterocycles. The van der Waals surface area contributed by atoms with Crippen LogP contribution in [0.3, 0.4) is 0 Å². The molecule has 0 unspecified atom stereocenters. The summed E-state index contributed by atoms with van der Waals surface area (Å²) in [6.07, 6.45) is 8.76. The van der Waals surface area contributed by atoms with Crippen molar-refractivity contribution in [1.29, 1.82) is 0 Å². The number of nitrogens with one attached hydrogen (secondary N) is 3. The van der Waals surface area contributed by atoms with Gasteiger partial charge in [-0.05, 0) is 75.3 Å². The van der Waals surface area contributed by atoms with Crippen molar-refractivity contribution in [3.05, 3.63) is 110 Å². The van der Waals surface area contributed by atoms with E-state index in [-0.39, 0.29) is 0 Å². The van der Waals surface area contributed by atoms with Gasteiger partial charge in [0.15, 0.2) is 0 Å². The Morgan fingerprint density at radius 1 is 0.419 bits per heavy atom. The Hall–Kier alpha value is -4.75. The van der Waals surface area contributed by atoms with Gasteiger partial charge in [0.2, 0.25) is 0 Å². The molecular weight excluding hydrogens is 530 g/mol. The van der Waals surface area contributed by atoms with Gasteiger partial charge < -0.3 is 20.9 Å². The highest BCUT2D eigenvalue weighted by molar-refractivity contribution is 5.91. The van der Waals surface area contributed by atoms with Crippen LogP contribution in [0.2, 0.25) is 0 Å². The standard InChI is InChI=1S/C36H39N7/c1-10-28-13-4-19-40-34(28)31(16-1)37-22-7-25-43(26-8-23-38-32-17-2-11-29-14-5-20-41-35(29)32)27-9-24-39-33-18-3-12-30-15-6-21-42-36(30)33/h1-6,10-21,37-39H,7-9,22-27H2. The van der Waals surface area contributed by atoms with E-state index in [0.717, 1.165) is 108 Å². The maximum atomic E-state index is 4.59. The number of anilines is 3. The van der Waals surface area contributed by atoms with Gasteiger partial charge in [0.1, 0.15) is 0 Å². The average molecular weight is 570 g/mol. The van der Waals surface area contributed by atoms with Crippen molar-refractivity contribution in [1.82, 2.24) is 19.9 Å². The smallest absolute Gasteiger partial charge is 0.0933 e. The van der Waals surface area contributed by atoms with E-state index >= 15 is 0 Å². The molecule has 0 aliphatic rings. The molecule has 0 spiro atoms. The fourth-order valence-corrected chi connectivity index (χ4v) is 5.65. The van der Waals surface area contributed by atoms with Crippen LogP contribution in [0.4, 0.5) is 17.1 Å². The molecule has 3 aromatic heterocycles. The number of fused-ring (bicyclic) bond motifs is 3. The summed E-state index contributed by atoms with van der Waals surface area (Å²) in [6.45, 7) is 5.84. The van der Waals surface area contributed by atoms with Crippen molar-refractivity contribution in [2.45, 2.75) is 19.3 Å². The highest BCUT2D eigenvalue weighted by atomic mass is 15.1. The van der Waals surface area contributed by atoms with Gasteiger partial charge in [0, 0.05) is 54.4 Å². The second-order valence-electron chi connectivity index (χ2n) is 10.8. The second-order valence-corrected chi connectivity index (χ2v) is 10.8. The van der Waals surface area contributed by atoms with Gasteiger partial charge in [-0.15, -0.1) is 0 Å². The fraction of sp³-hybridized carbons (Fsp3) is 0.250. The Kier molecular flexibility index (Phi) is 9.52. The Morgan fingerprint density at radius 2 is 0.744 bits per heavy atom. The lowest BCUT2D eigenvalue weighted by Gasteiger charge is -2.23. The van der Waals surface area contributed by atoms with Gasteiger partial charge in [-0.3, -0.25) is 15.0 Å². The molecule has 0 aliphatic heterocycles. The molecular formula is C36H39N7. The minimum absolute atomic E-state index is 0.909. The predicted octanol–water partition coefficient (Wildman–Crippen LogP) is 7.44. The number of benzene rings is 3. The summed E-state index contributed by atoms with van der Waals surface area (Å²) in [5.41, 5.74) is 6.40. The quantitative estimate of drug-likeness (QED) is 0.111. The maximum Gasteiger partial charge on any atom is 0.0933 e. The zero-order chi connectivity index (χ0) is 29.1. The fourth-order valence-electron chi connectivity index (χ4n) is 5.65. The third-order valence-corrected chi connectivity index (χ3v) is 7.80. The highest BCUT2D eigenvalue weighted by Crippen LogP contribution is 2.22. The lowest BCUT2D eigenvalue weighted by molar-refractivity contribution is 0.271. The van der Waals surface area contributed by atoms with Crippen molar-refractivity contribution >= 4 is 49.8 Å². The van der Waals surface area contributed by atoms with Gasteiger partial charge >= 0.3 is 0 Å². The largest absolute Gasteiger partial charge is 0.383 e. The van der Waals surface area contributed by atoms with Crippen LogP contribution in [0.15, 0.2) is 110 Å². The van der Waals surface area contributed by atoms with Crippen LogP contribution in [0.1, 0.15) is 19.3 Å². The van der Waals surface area contributed by atoms with E-state index in [1.54, 1.807) is 0 Å². The first-order chi connectivity index (χ1) is 21.3. The maximum absolute atomic E-state index is 4.59. The molecule has 7 nitrogen and oxygen atoms in total. The molecule has 0 radical (unpaired) electrons. The van der Waals surface area contributed by atoms with Crippen molar-refractivity contribution in [2.75, 3.05) is 55.2 Å². The first-order valence-electron chi connectivity index (χ1n) is 15.3. The highest BCUT2D eigenvalue weighted by Gasteiger charge is 2.08. The van der Waals surface area contributed by atoms with Crippen LogP contribution in [0.5, 0.6) is 0 Å². The third-order valence-electron chi connectivity index (χ3n) is 7.80. The number of rotatable bonds is 15. The summed E-state index contributed by atoms with van der Waals surface area (Å²) >= 11 is 0. The number of aromatic nitrogens is 3. The van der Waals surface area contributed by atoms with E-state index in [1.807, 2.05) is 36.8 Å². The van der Waals surface area contributed by atoms with Crippen molar-refractivity contribution in [2.24, 2.45) is 0 Å². The second kappa shape index (κ2) is 14.4. The van der Waals surface area contributed by atoms with Crippen molar-refractivity contribution in [3.8, 4) is 0 Å². The van der Waals surface area contributed by atoms with Gasteiger partial charge in [0.25, 0.3) is 0 Å². The Morgan fingerprint density at radius 3 is 1.09 bits per heavy atom. The van der Waals surface area contributed by atoms with Crippen LogP contribution in [-0.4, -0.2) is 59.1 Å². The number of para-hydroxylation sites is 3. The van der Waals surface area contributed by atoms with Gasteiger partial charge in [-0.2, -0.15) is 0 Å². The molecule has 6 aromatic rings. The number of pyridine rings is 3. The lowest BCUT2D eigenvalue weighted by atomic mass is 10.2. The predicted molar refractivity (Wildman–Crippen MR) is 181 cm³/mol. The first-order valence-corrected chi connectivity index (χ1v) is 15.3. The van der Waals surface area contributed by atoms with Crippen LogP contribution in [0.25, 0.3) is 32.7 Å². The van der Waals surface area contributed by atoms with E-state index in [0.29, 0.717) is 0 Å². The summed E-state index contributed by atoms with van der Waals surface area (Å²) in [5.74, 6) is 0. The Bertz CT molecular complexity index is 1550. The van der Waals surface area contributed by atoms with E-state index in [1.165, 1.54) is 0 Å². The molecule has 0 aliphatic carbocycles. The van der Waals surface area contributed by atoms with Gasteiger partial charge in [-0.25, -0.2) is 0 Å². The Labute approximate surface area is 253 Å². The molecule has 3 N–H and O–H groups in total. The van der Waals surface area contributed by atoms with Gasteiger partial charge in [-0.1, -0.05) is 54.6 Å². The number of hydrogen-bond acceptors (Lipinski definition) is 7.